The quantitative estimate of drug-likeness (QED) is 0.262. The number of benzene rings is 1. The molecule has 0 atom stereocenters. The molecule has 0 spiro atoms. The van der Waals surface area contributed by atoms with Crippen molar-refractivity contribution in [2.45, 2.75) is 4.90 Å². The molecule has 0 amide bonds. The van der Waals surface area contributed by atoms with E-state index < -0.39 is 38.7 Å². The molecule has 0 bridgehead atoms. The summed E-state index contributed by atoms with van der Waals surface area (Å²) < 4.78 is 31.8. The van der Waals surface area contributed by atoms with Gasteiger partial charge in [0.2, 0.25) is 0 Å². The summed E-state index contributed by atoms with van der Waals surface area (Å²) >= 11 is 4.74. The molecule has 11 heteroatoms. The number of nitrogens with zero attached hydrogens (tertiary/aromatic N) is 1. The third-order valence-corrected chi connectivity index (χ3v) is 3.91. The first-order valence-corrected chi connectivity index (χ1v) is 7.26. The predicted octanol–water partition coefficient (Wildman–Crippen LogP) is 1.88. The second-order valence-corrected chi connectivity index (χ2v) is 5.93. The molecule has 0 radical (unpaired) electrons. The monoisotopic (exact) mass is 337 g/mol. The van der Waals surface area contributed by atoms with Gasteiger partial charge in [-0.2, -0.15) is 0 Å². The number of rotatable bonds is 5. The molecular formula is C10H8ClNO8S. The third-order valence-electron chi connectivity index (χ3n) is 2.14. The molecule has 114 valence electrons. The van der Waals surface area contributed by atoms with Gasteiger partial charge in [-0.05, 0) is 12.1 Å². The van der Waals surface area contributed by atoms with Gasteiger partial charge in [0.25, 0.3) is 5.69 Å². The molecule has 0 saturated heterocycles. The predicted molar refractivity (Wildman–Crippen MR) is 68.8 cm³/mol. The van der Waals surface area contributed by atoms with Crippen molar-refractivity contribution in [1.82, 2.24) is 0 Å². The first-order valence-electron chi connectivity index (χ1n) is 5.23. The fraction of sp³-hybridized carbons (Fsp3) is 0.200. The highest BCUT2D eigenvalue weighted by Crippen LogP contribution is 2.16. The lowest BCUT2D eigenvalue weighted by Gasteiger charge is -2.05. The van der Waals surface area contributed by atoms with Crippen LogP contribution in [-0.2, 0) is 19.3 Å². The zero-order valence-electron chi connectivity index (χ0n) is 10.2. The van der Waals surface area contributed by atoms with E-state index in [0.29, 0.717) is 0 Å². The number of carbonyl (C=O) groups is 2. The second kappa shape index (κ2) is 6.99. The molecule has 21 heavy (non-hydrogen) atoms. The molecule has 0 aromatic heterocycles. The van der Waals surface area contributed by atoms with Crippen molar-refractivity contribution < 1.29 is 32.4 Å². The zero-order chi connectivity index (χ0) is 16.0. The summed E-state index contributed by atoms with van der Waals surface area (Å²) in [6.45, 7) is -0.567. The molecule has 0 unspecified atom stereocenters. The number of nitro benzene ring substituents is 1. The van der Waals surface area contributed by atoms with E-state index in [0.717, 1.165) is 24.3 Å². The standard InChI is InChI=1S/C10H8ClNO8S/c11-9(13)20-10(14)19-5-6-21(17,18)8-3-1-7(2-4-8)12(15)16/h1-4H,5-6H2. The van der Waals surface area contributed by atoms with Gasteiger partial charge in [0.05, 0.1) is 15.6 Å². The number of hydrogen-bond acceptors (Lipinski definition) is 8. The van der Waals surface area contributed by atoms with Crippen LogP contribution in [0.4, 0.5) is 15.3 Å². The van der Waals surface area contributed by atoms with Crippen molar-refractivity contribution in [3.05, 3.63) is 34.4 Å². The molecule has 0 heterocycles. The fourth-order valence-corrected chi connectivity index (χ4v) is 2.37. The van der Waals surface area contributed by atoms with Crippen LogP contribution in [-0.4, -0.2) is 37.3 Å². The molecular weight excluding hydrogens is 330 g/mol. The Morgan fingerprint density at radius 2 is 1.81 bits per heavy atom. The van der Waals surface area contributed by atoms with Crippen LogP contribution in [0.1, 0.15) is 0 Å². The van der Waals surface area contributed by atoms with Gasteiger partial charge >= 0.3 is 11.6 Å². The van der Waals surface area contributed by atoms with Crippen molar-refractivity contribution in [3.8, 4) is 0 Å². The van der Waals surface area contributed by atoms with Crippen LogP contribution >= 0.6 is 11.6 Å². The Bertz CT molecular complexity index is 654. The Morgan fingerprint density at radius 3 is 2.29 bits per heavy atom. The van der Waals surface area contributed by atoms with Gasteiger partial charge in [-0.3, -0.25) is 10.1 Å². The molecule has 0 aliphatic carbocycles. The van der Waals surface area contributed by atoms with Crippen molar-refractivity contribution in [3.63, 3.8) is 0 Å². The number of ether oxygens (including phenoxy) is 2. The molecule has 1 rings (SSSR count). The third kappa shape index (κ3) is 5.36. The molecule has 0 aliphatic heterocycles. The molecule has 9 nitrogen and oxygen atoms in total. The van der Waals surface area contributed by atoms with E-state index in [1.54, 1.807) is 0 Å². The number of hydrogen-bond donors (Lipinski definition) is 0. The van der Waals surface area contributed by atoms with Crippen molar-refractivity contribution in [2.24, 2.45) is 0 Å². The van der Waals surface area contributed by atoms with Crippen LogP contribution in [0.2, 0.25) is 0 Å². The molecule has 0 N–H and O–H groups in total. The van der Waals surface area contributed by atoms with E-state index in [4.69, 9.17) is 11.6 Å². The van der Waals surface area contributed by atoms with Gasteiger partial charge in [0.1, 0.15) is 6.61 Å². The van der Waals surface area contributed by atoms with Crippen molar-refractivity contribution in [2.75, 3.05) is 12.4 Å². The van der Waals surface area contributed by atoms with Crippen molar-refractivity contribution in [1.29, 1.82) is 0 Å². The minimum absolute atomic E-state index is 0.168. The van der Waals surface area contributed by atoms with Gasteiger partial charge in [-0.1, -0.05) is 0 Å². The Balaban J connectivity index is 2.63. The Labute approximate surface area is 123 Å². The van der Waals surface area contributed by atoms with Crippen LogP contribution in [0, 0.1) is 10.1 Å². The van der Waals surface area contributed by atoms with Crippen LogP contribution in [0.3, 0.4) is 0 Å². The summed E-state index contributed by atoms with van der Waals surface area (Å²) in [7, 11) is -3.80. The summed E-state index contributed by atoms with van der Waals surface area (Å²) in [5.74, 6) is -0.587. The van der Waals surface area contributed by atoms with E-state index in [-0.39, 0.29) is 10.6 Å². The number of halogens is 1. The van der Waals surface area contributed by atoms with Crippen LogP contribution in [0.5, 0.6) is 0 Å². The van der Waals surface area contributed by atoms with E-state index in [2.05, 4.69) is 9.47 Å². The average molecular weight is 338 g/mol. The molecule has 0 aliphatic rings. The molecule has 1 aromatic carbocycles. The highest BCUT2D eigenvalue weighted by Gasteiger charge is 2.18. The Hall–Kier alpha value is -2.20. The van der Waals surface area contributed by atoms with Gasteiger partial charge in [-0.25, -0.2) is 18.0 Å². The van der Waals surface area contributed by atoms with Gasteiger partial charge < -0.3 is 9.47 Å². The van der Waals surface area contributed by atoms with Crippen molar-refractivity contribution >= 4 is 38.7 Å². The first kappa shape index (κ1) is 16.9. The molecule has 0 saturated carbocycles. The average Bonchev–Trinajstić information content (AvgIpc) is 2.37. The Morgan fingerprint density at radius 1 is 1.24 bits per heavy atom. The smallest absolute Gasteiger partial charge is 0.433 e. The maximum atomic E-state index is 11.8. The van der Waals surface area contributed by atoms with Crippen LogP contribution in [0.15, 0.2) is 29.2 Å². The first-order chi connectivity index (χ1) is 9.72. The largest absolute Gasteiger partial charge is 0.517 e. The number of nitro groups is 1. The number of sulfone groups is 1. The minimum Gasteiger partial charge on any atom is -0.433 e. The lowest BCUT2D eigenvalue weighted by molar-refractivity contribution is -0.384. The van der Waals surface area contributed by atoms with Crippen LogP contribution in [0.25, 0.3) is 0 Å². The lowest BCUT2D eigenvalue weighted by Crippen LogP contribution is -2.17. The maximum Gasteiger partial charge on any atom is 0.517 e. The lowest BCUT2D eigenvalue weighted by atomic mass is 10.3. The summed E-state index contributed by atoms with van der Waals surface area (Å²) in [6.07, 6.45) is -1.42. The highest BCUT2D eigenvalue weighted by atomic mass is 35.5. The van der Waals surface area contributed by atoms with E-state index in [9.17, 15) is 28.1 Å². The SMILES string of the molecule is O=C(Cl)OC(=O)OCCS(=O)(=O)c1ccc([N+](=O)[O-])cc1. The topological polar surface area (TPSA) is 130 Å². The maximum absolute atomic E-state index is 11.8. The minimum atomic E-state index is -3.80. The van der Waals surface area contributed by atoms with Gasteiger partial charge in [0.15, 0.2) is 9.84 Å². The zero-order valence-corrected chi connectivity index (χ0v) is 11.8. The summed E-state index contributed by atoms with van der Waals surface area (Å²) in [5, 5.41) is 10.4. The number of non-ortho nitro benzene ring substituents is 1. The highest BCUT2D eigenvalue weighted by molar-refractivity contribution is 7.91. The summed E-state index contributed by atoms with van der Waals surface area (Å²) in [5.41, 5.74) is -1.66. The molecule has 1 aromatic rings. The summed E-state index contributed by atoms with van der Waals surface area (Å²) in [6, 6.07) is 4.20. The van der Waals surface area contributed by atoms with E-state index in [1.807, 2.05) is 0 Å². The number of carbonyl (C=O) groups excluding carboxylic acids is 2. The van der Waals surface area contributed by atoms with Gasteiger partial charge in [-0.15, -0.1) is 0 Å². The fourth-order valence-electron chi connectivity index (χ4n) is 1.22. The van der Waals surface area contributed by atoms with Crippen LogP contribution < -0.4 is 0 Å². The van der Waals surface area contributed by atoms with Gasteiger partial charge in [0, 0.05) is 23.7 Å². The molecule has 0 fully saturated rings. The van der Waals surface area contributed by atoms with E-state index >= 15 is 0 Å². The Kier molecular flexibility index (Phi) is 5.61. The van der Waals surface area contributed by atoms with E-state index in [1.165, 1.54) is 0 Å². The summed E-state index contributed by atoms with van der Waals surface area (Å²) in [4.78, 5) is 30.6. The normalized spacial score (nSPS) is 10.7. The second-order valence-electron chi connectivity index (χ2n) is 3.51.